The first-order chi connectivity index (χ1) is 16.2. The molecule has 1 N–H and O–H groups in total. The molecule has 4 heterocycles. The van der Waals surface area contributed by atoms with Crippen molar-refractivity contribution in [3.63, 3.8) is 0 Å². The summed E-state index contributed by atoms with van der Waals surface area (Å²) in [6.07, 6.45) is 9.35. The van der Waals surface area contributed by atoms with Crippen molar-refractivity contribution in [2.75, 3.05) is 18.4 Å². The first-order valence-corrected chi connectivity index (χ1v) is 11.2. The zero-order chi connectivity index (χ0) is 22.5. The molecule has 0 aliphatic carbocycles. The third-order valence-electron chi connectivity index (χ3n) is 5.82. The monoisotopic (exact) mass is 440 g/mol. The van der Waals surface area contributed by atoms with Crippen LogP contribution in [-0.4, -0.2) is 37.9 Å². The van der Waals surface area contributed by atoms with Crippen molar-refractivity contribution in [1.29, 1.82) is 0 Å². The highest BCUT2D eigenvalue weighted by molar-refractivity contribution is 5.65. The molecule has 1 aromatic carbocycles. The lowest BCUT2D eigenvalue weighted by Crippen LogP contribution is -2.34. The Morgan fingerprint density at radius 1 is 0.970 bits per heavy atom. The zero-order valence-corrected chi connectivity index (χ0v) is 18.2. The quantitative estimate of drug-likeness (QED) is 0.445. The van der Waals surface area contributed by atoms with Gasteiger partial charge < -0.3 is 5.32 Å². The van der Waals surface area contributed by atoms with Crippen LogP contribution in [-0.2, 0) is 6.54 Å². The number of halogens is 1. The van der Waals surface area contributed by atoms with E-state index in [4.69, 9.17) is 9.97 Å². The van der Waals surface area contributed by atoms with Gasteiger partial charge in [-0.25, -0.2) is 14.4 Å². The van der Waals surface area contributed by atoms with Gasteiger partial charge in [0.1, 0.15) is 17.5 Å². The van der Waals surface area contributed by atoms with Crippen LogP contribution in [0.3, 0.4) is 0 Å². The van der Waals surface area contributed by atoms with E-state index in [2.05, 4.69) is 26.3 Å². The number of nitrogens with zero attached hydrogens (tertiary/aromatic N) is 5. The molecular formula is C26H25FN6. The molecule has 5 rings (SSSR count). The molecule has 4 aromatic rings. The molecule has 0 amide bonds. The van der Waals surface area contributed by atoms with E-state index in [0.717, 1.165) is 49.6 Å². The minimum Gasteiger partial charge on any atom is -0.340 e. The molecule has 1 saturated heterocycles. The smallest absolute Gasteiger partial charge is 0.135 e. The minimum atomic E-state index is -0.290. The van der Waals surface area contributed by atoms with Crippen LogP contribution >= 0.6 is 0 Å². The predicted molar refractivity (Wildman–Crippen MR) is 126 cm³/mol. The lowest BCUT2D eigenvalue weighted by atomic mass is 9.96. The fourth-order valence-electron chi connectivity index (χ4n) is 4.26. The Kier molecular flexibility index (Phi) is 6.30. The maximum Gasteiger partial charge on any atom is 0.135 e. The number of hydrogen-bond acceptors (Lipinski definition) is 6. The summed E-state index contributed by atoms with van der Waals surface area (Å²) in [4.78, 5) is 20.6. The SMILES string of the molecule is Fc1cccc(Nc2cc(-c3ccncc3)nc([C@H]3CCCN(Cc4cccnc4)C3)n2)c1. The molecule has 0 bridgehead atoms. The van der Waals surface area contributed by atoms with Crippen molar-refractivity contribution < 1.29 is 4.39 Å². The fourth-order valence-corrected chi connectivity index (χ4v) is 4.26. The molecule has 0 unspecified atom stereocenters. The summed E-state index contributed by atoms with van der Waals surface area (Å²) in [6.45, 7) is 2.79. The van der Waals surface area contributed by atoms with Gasteiger partial charge in [0, 0.05) is 61.1 Å². The van der Waals surface area contributed by atoms with Crippen LogP contribution < -0.4 is 5.32 Å². The molecule has 1 atom stereocenters. The average Bonchev–Trinajstić information content (AvgIpc) is 2.85. The molecule has 6 nitrogen and oxygen atoms in total. The van der Waals surface area contributed by atoms with Crippen molar-refractivity contribution >= 4 is 11.5 Å². The van der Waals surface area contributed by atoms with E-state index >= 15 is 0 Å². The molecule has 166 valence electrons. The summed E-state index contributed by atoms with van der Waals surface area (Å²) in [5, 5.41) is 3.26. The van der Waals surface area contributed by atoms with E-state index in [-0.39, 0.29) is 11.7 Å². The molecule has 1 aliphatic heterocycles. The average molecular weight is 441 g/mol. The minimum absolute atomic E-state index is 0.213. The van der Waals surface area contributed by atoms with Crippen molar-refractivity contribution in [3.8, 4) is 11.3 Å². The Morgan fingerprint density at radius 2 is 1.88 bits per heavy atom. The number of anilines is 2. The standard InChI is InChI=1S/C26H25FN6/c27-22-6-1-7-23(14-22)30-25-15-24(20-8-11-28-12-9-20)31-26(32-25)21-5-3-13-33(18-21)17-19-4-2-10-29-16-19/h1-2,4,6-12,14-16,21H,3,5,13,17-18H2,(H,30,31,32)/t21-/m0/s1. The zero-order valence-electron chi connectivity index (χ0n) is 18.2. The molecule has 3 aromatic heterocycles. The molecule has 7 heteroatoms. The maximum atomic E-state index is 13.7. The Labute approximate surface area is 192 Å². The summed E-state index contributed by atoms with van der Waals surface area (Å²) in [5.41, 5.74) is 3.66. The Hall–Kier alpha value is -3.71. The van der Waals surface area contributed by atoms with Gasteiger partial charge in [-0.15, -0.1) is 0 Å². The van der Waals surface area contributed by atoms with E-state index in [0.29, 0.717) is 11.5 Å². The first kappa shape index (κ1) is 21.2. The van der Waals surface area contributed by atoms with Crippen LogP contribution in [0.15, 0.2) is 79.4 Å². The third kappa shape index (κ3) is 5.38. The highest BCUT2D eigenvalue weighted by Crippen LogP contribution is 2.29. The van der Waals surface area contributed by atoms with Gasteiger partial charge in [0.2, 0.25) is 0 Å². The van der Waals surface area contributed by atoms with Crippen LogP contribution in [0.25, 0.3) is 11.3 Å². The van der Waals surface area contributed by atoms with E-state index in [9.17, 15) is 4.39 Å². The van der Waals surface area contributed by atoms with Gasteiger partial charge in [0.15, 0.2) is 0 Å². The van der Waals surface area contributed by atoms with Crippen LogP contribution in [0.5, 0.6) is 0 Å². The van der Waals surface area contributed by atoms with Crippen LogP contribution in [0.1, 0.15) is 30.1 Å². The normalized spacial score (nSPS) is 16.5. The van der Waals surface area contributed by atoms with Crippen molar-refractivity contribution in [2.45, 2.75) is 25.3 Å². The van der Waals surface area contributed by atoms with Crippen molar-refractivity contribution in [3.05, 3.63) is 96.6 Å². The number of benzene rings is 1. The number of piperidine rings is 1. The second-order valence-corrected chi connectivity index (χ2v) is 8.30. The van der Waals surface area contributed by atoms with Gasteiger partial charge >= 0.3 is 0 Å². The summed E-state index contributed by atoms with van der Waals surface area (Å²) >= 11 is 0. The first-order valence-electron chi connectivity index (χ1n) is 11.2. The number of pyridine rings is 2. The predicted octanol–water partition coefficient (Wildman–Crippen LogP) is 5.20. The molecule has 1 aliphatic rings. The number of rotatable bonds is 6. The van der Waals surface area contributed by atoms with Crippen molar-refractivity contribution in [1.82, 2.24) is 24.8 Å². The van der Waals surface area contributed by atoms with Gasteiger partial charge in [-0.3, -0.25) is 14.9 Å². The Bertz CT molecular complexity index is 1200. The topological polar surface area (TPSA) is 66.8 Å². The van der Waals surface area contributed by atoms with E-state index < -0.39 is 0 Å². The summed E-state index contributed by atoms with van der Waals surface area (Å²) in [5.74, 6) is 1.38. The second-order valence-electron chi connectivity index (χ2n) is 8.30. The highest BCUT2D eigenvalue weighted by Gasteiger charge is 2.24. The van der Waals surface area contributed by atoms with E-state index in [1.807, 2.05) is 36.5 Å². The summed E-state index contributed by atoms with van der Waals surface area (Å²) in [6, 6.07) is 16.3. The van der Waals surface area contributed by atoms with Crippen LogP contribution in [0, 0.1) is 5.82 Å². The van der Waals surface area contributed by atoms with Gasteiger partial charge in [0.05, 0.1) is 5.69 Å². The van der Waals surface area contributed by atoms with Gasteiger partial charge in [-0.1, -0.05) is 12.1 Å². The Morgan fingerprint density at radius 3 is 2.70 bits per heavy atom. The molecule has 0 spiro atoms. The van der Waals surface area contributed by atoms with E-state index in [1.54, 1.807) is 24.7 Å². The summed E-state index contributed by atoms with van der Waals surface area (Å²) in [7, 11) is 0. The largest absolute Gasteiger partial charge is 0.340 e. The molecule has 0 radical (unpaired) electrons. The van der Waals surface area contributed by atoms with E-state index in [1.165, 1.54) is 17.7 Å². The van der Waals surface area contributed by atoms with Crippen LogP contribution in [0.4, 0.5) is 15.9 Å². The Balaban J connectivity index is 1.44. The second kappa shape index (κ2) is 9.83. The fraction of sp³-hybridized carbons (Fsp3) is 0.231. The molecule has 33 heavy (non-hydrogen) atoms. The van der Waals surface area contributed by atoms with Crippen molar-refractivity contribution in [2.24, 2.45) is 0 Å². The maximum absolute atomic E-state index is 13.7. The lowest BCUT2D eigenvalue weighted by molar-refractivity contribution is 0.196. The lowest BCUT2D eigenvalue weighted by Gasteiger charge is -2.32. The molecule has 0 saturated carbocycles. The van der Waals surface area contributed by atoms with Gasteiger partial charge in [0.25, 0.3) is 0 Å². The number of nitrogens with one attached hydrogen (secondary N) is 1. The molecular weight excluding hydrogens is 415 g/mol. The number of hydrogen-bond donors (Lipinski definition) is 1. The molecule has 1 fully saturated rings. The van der Waals surface area contributed by atoms with Crippen LogP contribution in [0.2, 0.25) is 0 Å². The third-order valence-corrected chi connectivity index (χ3v) is 5.82. The number of aromatic nitrogens is 4. The number of likely N-dealkylation sites (tertiary alicyclic amines) is 1. The van der Waals surface area contributed by atoms with Gasteiger partial charge in [-0.2, -0.15) is 0 Å². The summed E-state index contributed by atoms with van der Waals surface area (Å²) < 4.78 is 13.7. The highest BCUT2D eigenvalue weighted by atomic mass is 19.1. The van der Waals surface area contributed by atoms with Gasteiger partial charge in [-0.05, 0) is 61.3 Å².